The molecule has 0 saturated carbocycles. The van der Waals surface area contributed by atoms with Crippen LogP contribution in [0.3, 0.4) is 0 Å². The van der Waals surface area contributed by atoms with E-state index in [9.17, 15) is 10.1 Å². The molecule has 0 aliphatic heterocycles. The van der Waals surface area contributed by atoms with E-state index < -0.39 is 4.92 Å². The Kier molecular flexibility index (Phi) is 4.88. The van der Waals surface area contributed by atoms with Crippen LogP contribution in [0, 0.1) is 10.1 Å². The minimum atomic E-state index is -0.467. The summed E-state index contributed by atoms with van der Waals surface area (Å²) in [5.41, 5.74) is 1.57. The minimum absolute atomic E-state index is 0.0214. The Morgan fingerprint density at radius 3 is 2.57 bits per heavy atom. The molecule has 0 saturated heterocycles. The predicted molar refractivity (Wildman–Crippen MR) is 83.4 cm³/mol. The summed E-state index contributed by atoms with van der Waals surface area (Å²) < 4.78 is 5.15. The molecular formula is C14H12Cl2N2O3. The number of nitrogens with zero attached hydrogens (tertiary/aromatic N) is 1. The first-order chi connectivity index (χ1) is 10.0. The summed E-state index contributed by atoms with van der Waals surface area (Å²) in [5, 5.41) is 14.8. The van der Waals surface area contributed by atoms with Crippen molar-refractivity contribution in [1.29, 1.82) is 0 Å². The van der Waals surface area contributed by atoms with Gasteiger partial charge >= 0.3 is 0 Å². The number of non-ortho nitro benzene ring substituents is 1. The molecule has 0 spiro atoms. The Hall–Kier alpha value is -1.98. The number of methoxy groups -OCH3 is 1. The molecule has 0 bridgehead atoms. The average molecular weight is 327 g/mol. The SMILES string of the molecule is COc1cc([N+](=O)[O-])ccc1NCc1ccc(Cl)c(Cl)c1. The first kappa shape index (κ1) is 15.4. The lowest BCUT2D eigenvalue weighted by Gasteiger charge is -2.11. The number of hydrogen-bond donors (Lipinski definition) is 1. The summed E-state index contributed by atoms with van der Waals surface area (Å²) in [6.45, 7) is 0.491. The van der Waals surface area contributed by atoms with Crippen LogP contribution in [0.5, 0.6) is 5.75 Å². The van der Waals surface area contributed by atoms with Crippen LogP contribution in [0.25, 0.3) is 0 Å². The summed E-state index contributed by atoms with van der Waals surface area (Å²) in [6, 6.07) is 9.72. The molecule has 0 aliphatic carbocycles. The van der Waals surface area contributed by atoms with Gasteiger partial charge in [-0.3, -0.25) is 10.1 Å². The third-order valence-corrected chi connectivity index (χ3v) is 3.60. The Labute approximate surface area is 131 Å². The van der Waals surface area contributed by atoms with Crippen molar-refractivity contribution in [1.82, 2.24) is 0 Å². The second-order valence-corrected chi connectivity index (χ2v) is 5.06. The van der Waals surface area contributed by atoms with Gasteiger partial charge in [-0.1, -0.05) is 29.3 Å². The number of halogens is 2. The molecule has 5 nitrogen and oxygen atoms in total. The highest BCUT2D eigenvalue weighted by molar-refractivity contribution is 6.42. The summed E-state index contributed by atoms with van der Waals surface area (Å²) in [6.07, 6.45) is 0. The second kappa shape index (κ2) is 6.65. The maximum atomic E-state index is 10.7. The lowest BCUT2D eigenvalue weighted by Crippen LogP contribution is -2.02. The van der Waals surface area contributed by atoms with Crippen LogP contribution in [0.4, 0.5) is 11.4 Å². The van der Waals surface area contributed by atoms with Crippen molar-refractivity contribution in [3.05, 3.63) is 62.1 Å². The molecule has 0 radical (unpaired) electrons. The van der Waals surface area contributed by atoms with Gasteiger partial charge in [-0.05, 0) is 23.8 Å². The first-order valence-electron chi connectivity index (χ1n) is 6.01. The number of ether oxygens (including phenoxy) is 1. The molecule has 0 amide bonds. The van der Waals surface area contributed by atoms with Crippen molar-refractivity contribution in [2.24, 2.45) is 0 Å². The number of benzene rings is 2. The highest BCUT2D eigenvalue weighted by Gasteiger charge is 2.11. The molecule has 2 rings (SSSR count). The van der Waals surface area contributed by atoms with E-state index in [0.717, 1.165) is 5.56 Å². The van der Waals surface area contributed by atoms with E-state index in [1.165, 1.54) is 19.2 Å². The van der Waals surface area contributed by atoms with E-state index >= 15 is 0 Å². The molecule has 0 fully saturated rings. The molecular weight excluding hydrogens is 315 g/mol. The van der Waals surface area contributed by atoms with E-state index in [2.05, 4.69) is 5.32 Å². The van der Waals surface area contributed by atoms with E-state index in [1.807, 2.05) is 6.07 Å². The van der Waals surface area contributed by atoms with E-state index in [-0.39, 0.29) is 5.69 Å². The molecule has 110 valence electrons. The van der Waals surface area contributed by atoms with Gasteiger partial charge in [0.2, 0.25) is 0 Å². The van der Waals surface area contributed by atoms with Crippen molar-refractivity contribution >= 4 is 34.6 Å². The van der Waals surface area contributed by atoms with Crippen LogP contribution in [0.1, 0.15) is 5.56 Å². The van der Waals surface area contributed by atoms with Crippen molar-refractivity contribution in [3.8, 4) is 5.75 Å². The Balaban J connectivity index is 2.15. The summed E-state index contributed by atoms with van der Waals surface area (Å²) in [4.78, 5) is 10.3. The number of nitrogens with one attached hydrogen (secondary N) is 1. The molecule has 1 N–H and O–H groups in total. The van der Waals surface area contributed by atoms with Crippen LogP contribution in [-0.4, -0.2) is 12.0 Å². The van der Waals surface area contributed by atoms with Crippen molar-refractivity contribution in [3.63, 3.8) is 0 Å². The molecule has 0 unspecified atom stereocenters. The van der Waals surface area contributed by atoms with Crippen LogP contribution in [0.15, 0.2) is 36.4 Å². The fourth-order valence-corrected chi connectivity index (χ4v) is 2.11. The fraction of sp³-hybridized carbons (Fsp3) is 0.143. The van der Waals surface area contributed by atoms with Crippen molar-refractivity contribution < 1.29 is 9.66 Å². The van der Waals surface area contributed by atoms with Crippen LogP contribution < -0.4 is 10.1 Å². The van der Waals surface area contributed by atoms with Crippen LogP contribution in [0.2, 0.25) is 10.0 Å². The number of anilines is 1. The monoisotopic (exact) mass is 326 g/mol. The minimum Gasteiger partial charge on any atom is -0.494 e. The summed E-state index contributed by atoms with van der Waals surface area (Å²) in [5.74, 6) is 0.407. The van der Waals surface area contributed by atoms with Gasteiger partial charge in [-0.2, -0.15) is 0 Å². The zero-order chi connectivity index (χ0) is 15.4. The zero-order valence-corrected chi connectivity index (χ0v) is 12.6. The molecule has 7 heteroatoms. The maximum Gasteiger partial charge on any atom is 0.273 e. The fourth-order valence-electron chi connectivity index (χ4n) is 1.79. The Bertz CT molecular complexity index is 677. The third-order valence-electron chi connectivity index (χ3n) is 2.86. The largest absolute Gasteiger partial charge is 0.494 e. The topological polar surface area (TPSA) is 64.4 Å². The lowest BCUT2D eigenvalue weighted by atomic mass is 10.2. The quantitative estimate of drug-likeness (QED) is 0.648. The maximum absolute atomic E-state index is 10.7. The Morgan fingerprint density at radius 1 is 1.19 bits per heavy atom. The van der Waals surface area contributed by atoms with Gasteiger partial charge < -0.3 is 10.1 Å². The molecule has 21 heavy (non-hydrogen) atoms. The number of rotatable bonds is 5. The number of nitro benzene ring substituents is 1. The molecule has 0 aliphatic rings. The highest BCUT2D eigenvalue weighted by atomic mass is 35.5. The van der Waals surface area contributed by atoms with Gasteiger partial charge in [0.15, 0.2) is 0 Å². The van der Waals surface area contributed by atoms with E-state index in [0.29, 0.717) is 28.0 Å². The third kappa shape index (κ3) is 3.77. The summed E-state index contributed by atoms with van der Waals surface area (Å²) >= 11 is 11.8. The summed E-state index contributed by atoms with van der Waals surface area (Å²) in [7, 11) is 1.46. The van der Waals surface area contributed by atoms with E-state index in [1.54, 1.807) is 18.2 Å². The van der Waals surface area contributed by atoms with Gasteiger partial charge in [0.05, 0.1) is 33.8 Å². The predicted octanol–water partition coefficient (Wildman–Crippen LogP) is 4.52. The lowest BCUT2D eigenvalue weighted by molar-refractivity contribution is -0.384. The molecule has 0 heterocycles. The van der Waals surface area contributed by atoms with Crippen molar-refractivity contribution in [2.75, 3.05) is 12.4 Å². The van der Waals surface area contributed by atoms with E-state index in [4.69, 9.17) is 27.9 Å². The Morgan fingerprint density at radius 2 is 1.95 bits per heavy atom. The zero-order valence-electron chi connectivity index (χ0n) is 11.1. The van der Waals surface area contributed by atoms with Crippen LogP contribution >= 0.6 is 23.2 Å². The van der Waals surface area contributed by atoms with Crippen molar-refractivity contribution in [2.45, 2.75) is 6.54 Å². The molecule has 0 aromatic heterocycles. The smallest absolute Gasteiger partial charge is 0.273 e. The second-order valence-electron chi connectivity index (χ2n) is 4.24. The molecule has 2 aromatic carbocycles. The molecule has 2 aromatic rings. The van der Waals surface area contributed by atoms with Gasteiger partial charge in [-0.15, -0.1) is 0 Å². The number of hydrogen-bond acceptors (Lipinski definition) is 4. The average Bonchev–Trinajstić information content (AvgIpc) is 2.48. The molecule has 0 atom stereocenters. The normalized spacial score (nSPS) is 10.2. The van der Waals surface area contributed by atoms with Gasteiger partial charge in [0.1, 0.15) is 5.75 Å². The first-order valence-corrected chi connectivity index (χ1v) is 6.77. The van der Waals surface area contributed by atoms with Crippen LogP contribution in [-0.2, 0) is 6.54 Å². The van der Waals surface area contributed by atoms with Gasteiger partial charge in [-0.25, -0.2) is 0 Å². The standard InChI is InChI=1S/C14H12Cl2N2O3/c1-21-14-7-10(18(19)20)3-5-13(14)17-8-9-2-4-11(15)12(16)6-9/h2-7,17H,8H2,1H3. The van der Waals surface area contributed by atoms with Gasteiger partial charge in [0, 0.05) is 12.6 Å². The number of nitro groups is 1. The van der Waals surface area contributed by atoms with Gasteiger partial charge in [0.25, 0.3) is 5.69 Å². The highest BCUT2D eigenvalue weighted by Crippen LogP contribution is 2.30.